The molecule has 1 rings (SSSR count). The van der Waals surface area contributed by atoms with Gasteiger partial charge in [0.05, 0.1) is 6.61 Å². The monoisotopic (exact) mass is 249 g/mol. The molecule has 0 heterocycles. The van der Waals surface area contributed by atoms with Gasteiger partial charge in [-0.15, -0.1) is 0 Å². The zero-order valence-electron chi connectivity index (χ0n) is 11.5. The lowest BCUT2D eigenvalue weighted by Crippen LogP contribution is -2.41. The third kappa shape index (κ3) is 3.57. The first-order chi connectivity index (χ1) is 8.63. The van der Waals surface area contributed by atoms with Gasteiger partial charge in [0, 0.05) is 18.2 Å². The normalized spacial score (nSPS) is 10.7. The van der Waals surface area contributed by atoms with Gasteiger partial charge in [0.25, 0.3) is 5.91 Å². The number of hydrogen-bond donors (Lipinski definition) is 1. The average Bonchev–Trinajstić information content (AvgIpc) is 2.39. The Kier molecular flexibility index (Phi) is 5.86. The average molecular weight is 249 g/mol. The topological polar surface area (TPSA) is 40.5 Å². The molecule has 0 saturated carbocycles. The highest BCUT2D eigenvalue weighted by atomic mass is 16.3. The summed E-state index contributed by atoms with van der Waals surface area (Å²) in [5.74, 6) is 0.0118. The van der Waals surface area contributed by atoms with Gasteiger partial charge in [-0.1, -0.05) is 31.5 Å². The molecule has 0 aromatic heterocycles. The Balaban J connectivity index is 2.91. The van der Waals surface area contributed by atoms with E-state index < -0.39 is 0 Å². The molecule has 0 aliphatic heterocycles. The first-order valence-corrected chi connectivity index (χ1v) is 6.62. The van der Waals surface area contributed by atoms with Crippen LogP contribution in [0.25, 0.3) is 0 Å². The summed E-state index contributed by atoms with van der Waals surface area (Å²) in [6, 6.07) is 7.79. The van der Waals surface area contributed by atoms with Crippen molar-refractivity contribution >= 4 is 5.91 Å². The van der Waals surface area contributed by atoms with Crippen LogP contribution in [0.3, 0.4) is 0 Å². The van der Waals surface area contributed by atoms with Crippen molar-refractivity contribution in [1.29, 1.82) is 0 Å². The molecule has 3 heteroatoms. The molecule has 1 amide bonds. The molecule has 0 radical (unpaired) electrons. The summed E-state index contributed by atoms with van der Waals surface area (Å²) >= 11 is 0. The van der Waals surface area contributed by atoms with Crippen LogP contribution in [0.4, 0.5) is 0 Å². The highest BCUT2D eigenvalue weighted by molar-refractivity contribution is 5.94. The van der Waals surface area contributed by atoms with Gasteiger partial charge in [0.15, 0.2) is 0 Å². The third-order valence-corrected chi connectivity index (χ3v) is 3.28. The van der Waals surface area contributed by atoms with Gasteiger partial charge in [0.1, 0.15) is 0 Å². The van der Waals surface area contributed by atoms with Crippen molar-refractivity contribution in [3.63, 3.8) is 0 Å². The summed E-state index contributed by atoms with van der Waals surface area (Å²) < 4.78 is 0. The Morgan fingerprint density at radius 1 is 1.22 bits per heavy atom. The van der Waals surface area contributed by atoms with E-state index in [2.05, 4.69) is 13.8 Å². The number of aliphatic hydroxyl groups excluding tert-OH is 1. The van der Waals surface area contributed by atoms with Crippen molar-refractivity contribution in [2.45, 2.75) is 39.7 Å². The van der Waals surface area contributed by atoms with Gasteiger partial charge in [-0.05, 0) is 31.9 Å². The lowest BCUT2D eigenvalue weighted by molar-refractivity contribution is 0.0622. The molecule has 0 aliphatic rings. The van der Waals surface area contributed by atoms with Gasteiger partial charge in [-0.25, -0.2) is 0 Å². The summed E-state index contributed by atoms with van der Waals surface area (Å²) in [5, 5.41) is 9.12. The van der Waals surface area contributed by atoms with E-state index in [4.69, 9.17) is 5.11 Å². The van der Waals surface area contributed by atoms with Crippen LogP contribution in [-0.4, -0.2) is 35.1 Å². The summed E-state index contributed by atoms with van der Waals surface area (Å²) in [7, 11) is 0. The van der Waals surface area contributed by atoms with E-state index in [9.17, 15) is 4.79 Å². The second kappa shape index (κ2) is 7.17. The van der Waals surface area contributed by atoms with Gasteiger partial charge >= 0.3 is 0 Å². The summed E-state index contributed by atoms with van der Waals surface area (Å²) in [6.45, 7) is 6.55. The molecule has 1 aromatic carbocycles. The molecule has 0 bridgehead atoms. The van der Waals surface area contributed by atoms with E-state index in [1.54, 1.807) is 4.90 Å². The SMILES string of the molecule is CCC(CC)N(CCO)C(=O)c1ccc(C)cc1. The van der Waals surface area contributed by atoms with E-state index in [1.165, 1.54) is 0 Å². The molecule has 3 nitrogen and oxygen atoms in total. The van der Waals surface area contributed by atoms with Crippen LogP contribution in [0.1, 0.15) is 42.6 Å². The number of carbonyl (C=O) groups is 1. The van der Waals surface area contributed by atoms with E-state index in [0.717, 1.165) is 18.4 Å². The first kappa shape index (κ1) is 14.7. The fraction of sp³-hybridized carbons (Fsp3) is 0.533. The Labute approximate surface area is 109 Å². The highest BCUT2D eigenvalue weighted by Crippen LogP contribution is 2.14. The number of nitrogens with zero attached hydrogens (tertiary/aromatic N) is 1. The fourth-order valence-electron chi connectivity index (χ4n) is 2.15. The number of carbonyl (C=O) groups excluding carboxylic acids is 1. The lowest BCUT2D eigenvalue weighted by atomic mass is 10.1. The number of rotatable bonds is 6. The van der Waals surface area contributed by atoms with Crippen LogP contribution in [0.15, 0.2) is 24.3 Å². The van der Waals surface area contributed by atoms with Gasteiger partial charge in [-0.3, -0.25) is 4.79 Å². The Bertz CT molecular complexity index is 369. The van der Waals surface area contributed by atoms with Gasteiger partial charge in [-0.2, -0.15) is 0 Å². The highest BCUT2D eigenvalue weighted by Gasteiger charge is 2.21. The molecule has 100 valence electrons. The molecule has 0 aliphatic carbocycles. The van der Waals surface area contributed by atoms with Crippen molar-refractivity contribution in [2.75, 3.05) is 13.2 Å². The van der Waals surface area contributed by atoms with Gasteiger partial charge in [0.2, 0.25) is 0 Å². The third-order valence-electron chi connectivity index (χ3n) is 3.28. The minimum Gasteiger partial charge on any atom is -0.395 e. The fourth-order valence-corrected chi connectivity index (χ4v) is 2.15. The van der Waals surface area contributed by atoms with E-state index in [0.29, 0.717) is 12.1 Å². The van der Waals surface area contributed by atoms with Crippen LogP contribution in [-0.2, 0) is 0 Å². The maximum absolute atomic E-state index is 12.4. The van der Waals surface area contributed by atoms with E-state index >= 15 is 0 Å². The van der Waals surface area contributed by atoms with E-state index in [1.807, 2.05) is 31.2 Å². The maximum atomic E-state index is 12.4. The van der Waals surface area contributed by atoms with Crippen LogP contribution in [0.2, 0.25) is 0 Å². The molecule has 1 N–H and O–H groups in total. The zero-order chi connectivity index (χ0) is 13.5. The van der Waals surface area contributed by atoms with Crippen LogP contribution in [0.5, 0.6) is 0 Å². The van der Waals surface area contributed by atoms with Crippen molar-refractivity contribution in [2.24, 2.45) is 0 Å². The predicted octanol–water partition coefficient (Wildman–Crippen LogP) is 2.62. The standard InChI is InChI=1S/C15H23NO2/c1-4-14(5-2)16(10-11-17)15(18)13-8-6-12(3)7-9-13/h6-9,14,17H,4-5,10-11H2,1-3H3. The molecule has 0 saturated heterocycles. The largest absolute Gasteiger partial charge is 0.395 e. The minimum absolute atomic E-state index is 0.00804. The summed E-state index contributed by atoms with van der Waals surface area (Å²) in [6.07, 6.45) is 1.82. The van der Waals surface area contributed by atoms with Crippen molar-refractivity contribution in [3.05, 3.63) is 35.4 Å². The number of hydrogen-bond acceptors (Lipinski definition) is 2. The molecule has 18 heavy (non-hydrogen) atoms. The number of benzene rings is 1. The molecule has 0 fully saturated rings. The Morgan fingerprint density at radius 2 is 1.78 bits per heavy atom. The van der Waals surface area contributed by atoms with Crippen molar-refractivity contribution in [3.8, 4) is 0 Å². The number of aliphatic hydroxyl groups is 1. The lowest BCUT2D eigenvalue weighted by Gasteiger charge is -2.30. The smallest absolute Gasteiger partial charge is 0.254 e. The molecule has 0 spiro atoms. The van der Waals surface area contributed by atoms with Crippen molar-refractivity contribution in [1.82, 2.24) is 4.90 Å². The van der Waals surface area contributed by atoms with Crippen LogP contribution < -0.4 is 0 Å². The number of aryl methyl sites for hydroxylation is 1. The van der Waals surface area contributed by atoms with Gasteiger partial charge < -0.3 is 10.0 Å². The summed E-state index contributed by atoms with van der Waals surface area (Å²) in [4.78, 5) is 14.2. The maximum Gasteiger partial charge on any atom is 0.254 e. The number of amides is 1. The first-order valence-electron chi connectivity index (χ1n) is 6.62. The molecular weight excluding hydrogens is 226 g/mol. The predicted molar refractivity (Wildman–Crippen MR) is 73.7 cm³/mol. The second-order valence-corrected chi connectivity index (χ2v) is 4.56. The van der Waals surface area contributed by atoms with Crippen LogP contribution >= 0.6 is 0 Å². The molecular formula is C15H23NO2. The minimum atomic E-state index is 0.00804. The van der Waals surface area contributed by atoms with Crippen LogP contribution in [0, 0.1) is 6.92 Å². The Hall–Kier alpha value is -1.35. The van der Waals surface area contributed by atoms with Crippen molar-refractivity contribution < 1.29 is 9.90 Å². The Morgan fingerprint density at radius 3 is 2.22 bits per heavy atom. The quantitative estimate of drug-likeness (QED) is 0.842. The molecule has 1 aromatic rings. The zero-order valence-corrected chi connectivity index (χ0v) is 11.5. The second-order valence-electron chi connectivity index (χ2n) is 4.56. The molecule has 0 unspecified atom stereocenters. The van der Waals surface area contributed by atoms with E-state index in [-0.39, 0.29) is 18.6 Å². The molecule has 0 atom stereocenters. The summed E-state index contributed by atoms with van der Waals surface area (Å²) in [5.41, 5.74) is 1.84.